The van der Waals surface area contributed by atoms with Crippen LogP contribution >= 0.6 is 11.6 Å². The van der Waals surface area contributed by atoms with Crippen molar-refractivity contribution in [2.24, 2.45) is 5.73 Å². The molecule has 4 N–H and O–H groups in total. The Balaban J connectivity index is 2.42. The molecule has 0 spiro atoms. The van der Waals surface area contributed by atoms with Gasteiger partial charge in [-0.15, -0.1) is 0 Å². The fourth-order valence-electron chi connectivity index (χ4n) is 1.54. The van der Waals surface area contributed by atoms with E-state index in [1.54, 1.807) is 6.07 Å². The summed E-state index contributed by atoms with van der Waals surface area (Å²) >= 11 is 6.10. The van der Waals surface area contributed by atoms with Gasteiger partial charge in [0, 0.05) is 6.54 Å². The molecular weight excluding hydrogens is 269 g/mol. The summed E-state index contributed by atoms with van der Waals surface area (Å²) < 4.78 is 17.4. The highest BCUT2D eigenvalue weighted by atomic mass is 35.5. The number of nitrogens with two attached hydrogens (primary N) is 1. The maximum absolute atomic E-state index is 11.9. The molecule has 0 radical (unpaired) electrons. The lowest BCUT2D eigenvalue weighted by Crippen LogP contribution is -2.31. The molecule has 0 atom stereocenters. The summed E-state index contributed by atoms with van der Waals surface area (Å²) in [5.41, 5.74) is 6.23. The van der Waals surface area contributed by atoms with Crippen LogP contribution in [0.15, 0.2) is 18.2 Å². The van der Waals surface area contributed by atoms with Crippen molar-refractivity contribution >= 4 is 17.6 Å². The van der Waals surface area contributed by atoms with E-state index in [0.717, 1.165) is 12.0 Å². The van der Waals surface area contributed by atoms with Crippen LogP contribution in [0.4, 0.5) is 4.39 Å². The number of guanidine groups is 1. The molecule has 0 bridgehead atoms. The minimum atomic E-state index is -0.320. The summed E-state index contributed by atoms with van der Waals surface area (Å²) in [7, 11) is 0. The van der Waals surface area contributed by atoms with Gasteiger partial charge in [0.25, 0.3) is 0 Å². The number of hydrogen-bond acceptors (Lipinski definition) is 2. The van der Waals surface area contributed by atoms with Crippen molar-refractivity contribution in [2.45, 2.75) is 19.3 Å². The van der Waals surface area contributed by atoms with Gasteiger partial charge in [-0.25, -0.2) is 0 Å². The number of ether oxygens (including phenoxy) is 1. The molecule has 0 aliphatic rings. The molecule has 1 rings (SSSR count). The minimum Gasteiger partial charge on any atom is -0.492 e. The number of hydrogen-bond donors (Lipinski definition) is 3. The molecule has 1 aromatic carbocycles. The molecule has 1 aromatic rings. The highest BCUT2D eigenvalue weighted by Crippen LogP contribution is 2.25. The first kappa shape index (κ1) is 15.6. The third-order valence-corrected chi connectivity index (χ3v) is 2.81. The predicted molar refractivity (Wildman–Crippen MR) is 75.8 cm³/mol. The minimum absolute atomic E-state index is 0.0427. The first-order chi connectivity index (χ1) is 9.13. The Morgan fingerprint density at radius 2 is 2.21 bits per heavy atom. The van der Waals surface area contributed by atoms with Crippen molar-refractivity contribution in [3.63, 3.8) is 0 Å². The van der Waals surface area contributed by atoms with Crippen molar-refractivity contribution in [1.82, 2.24) is 5.32 Å². The van der Waals surface area contributed by atoms with E-state index >= 15 is 0 Å². The molecule has 0 saturated heterocycles. The van der Waals surface area contributed by atoms with Crippen LogP contribution < -0.4 is 15.8 Å². The fraction of sp³-hybridized carbons (Fsp3) is 0.462. The summed E-state index contributed by atoms with van der Waals surface area (Å²) in [6, 6.07) is 5.55. The van der Waals surface area contributed by atoms with E-state index < -0.39 is 0 Å². The summed E-state index contributed by atoms with van der Waals surface area (Å²) in [5.74, 6) is 0.572. The van der Waals surface area contributed by atoms with Crippen molar-refractivity contribution < 1.29 is 9.13 Å². The van der Waals surface area contributed by atoms with Crippen LogP contribution in [0.1, 0.15) is 18.4 Å². The maximum Gasteiger partial charge on any atom is 0.185 e. The summed E-state index contributed by atoms with van der Waals surface area (Å²) in [6.07, 6.45) is 1.91. The van der Waals surface area contributed by atoms with Gasteiger partial charge in [0.1, 0.15) is 5.75 Å². The molecule has 0 heterocycles. The Morgan fingerprint density at radius 1 is 1.42 bits per heavy atom. The zero-order valence-corrected chi connectivity index (χ0v) is 11.5. The molecule has 106 valence electrons. The van der Waals surface area contributed by atoms with Crippen LogP contribution in [0.25, 0.3) is 0 Å². The average molecular weight is 288 g/mol. The molecule has 0 amide bonds. The van der Waals surface area contributed by atoms with Gasteiger partial charge in [0.05, 0.1) is 18.3 Å². The molecule has 0 saturated carbocycles. The highest BCUT2D eigenvalue weighted by molar-refractivity contribution is 6.32. The standard InChI is InChI=1S/C13H19ClFN3O/c14-11-9-10(5-7-18-13(16)17)3-4-12(11)19-8-2-1-6-15/h3-4,9H,1-2,5-8H2,(H4,16,17,18). The Bertz CT molecular complexity index is 415. The van der Waals surface area contributed by atoms with Crippen LogP contribution in [0, 0.1) is 5.41 Å². The van der Waals surface area contributed by atoms with E-state index in [1.807, 2.05) is 12.1 Å². The Kier molecular flexibility index (Phi) is 7.03. The number of halogens is 2. The maximum atomic E-state index is 11.9. The van der Waals surface area contributed by atoms with E-state index in [9.17, 15) is 4.39 Å². The molecule has 0 aliphatic heterocycles. The van der Waals surface area contributed by atoms with Crippen LogP contribution in [0.3, 0.4) is 0 Å². The van der Waals surface area contributed by atoms with E-state index in [0.29, 0.717) is 36.8 Å². The number of alkyl halides is 1. The van der Waals surface area contributed by atoms with E-state index in [2.05, 4.69) is 5.32 Å². The van der Waals surface area contributed by atoms with Crippen LogP contribution in [-0.2, 0) is 6.42 Å². The Morgan fingerprint density at radius 3 is 2.84 bits per heavy atom. The van der Waals surface area contributed by atoms with Gasteiger partial charge >= 0.3 is 0 Å². The molecule has 19 heavy (non-hydrogen) atoms. The first-order valence-corrected chi connectivity index (χ1v) is 6.56. The smallest absolute Gasteiger partial charge is 0.185 e. The lowest BCUT2D eigenvalue weighted by atomic mass is 10.1. The molecular formula is C13H19ClFN3O. The summed E-state index contributed by atoms with van der Waals surface area (Å²) in [5, 5.41) is 10.3. The van der Waals surface area contributed by atoms with Gasteiger partial charge in [0.15, 0.2) is 5.96 Å². The summed E-state index contributed by atoms with van der Waals surface area (Å²) in [6.45, 7) is 0.733. The number of unbranched alkanes of at least 4 members (excludes halogenated alkanes) is 1. The van der Waals surface area contributed by atoms with Gasteiger partial charge in [-0.1, -0.05) is 17.7 Å². The third-order valence-electron chi connectivity index (χ3n) is 2.51. The second-order valence-corrected chi connectivity index (χ2v) is 4.51. The average Bonchev–Trinajstić information content (AvgIpc) is 2.36. The zero-order chi connectivity index (χ0) is 14.1. The predicted octanol–water partition coefficient (Wildman–Crippen LogP) is 2.49. The molecule has 4 nitrogen and oxygen atoms in total. The second kappa shape index (κ2) is 8.58. The largest absolute Gasteiger partial charge is 0.492 e. The zero-order valence-electron chi connectivity index (χ0n) is 10.7. The topological polar surface area (TPSA) is 71.1 Å². The molecule has 0 aliphatic carbocycles. The molecule has 6 heteroatoms. The molecule has 0 unspecified atom stereocenters. The Labute approximate surface area is 117 Å². The van der Waals surface area contributed by atoms with E-state index in [-0.39, 0.29) is 12.6 Å². The van der Waals surface area contributed by atoms with Gasteiger partial charge in [-0.05, 0) is 37.0 Å². The van der Waals surface area contributed by atoms with Crippen molar-refractivity contribution in [1.29, 1.82) is 5.41 Å². The number of benzene rings is 1. The van der Waals surface area contributed by atoms with E-state index in [4.69, 9.17) is 27.5 Å². The van der Waals surface area contributed by atoms with Crippen molar-refractivity contribution in [2.75, 3.05) is 19.8 Å². The quantitative estimate of drug-likeness (QED) is 0.391. The van der Waals surface area contributed by atoms with Crippen LogP contribution in [0.5, 0.6) is 5.75 Å². The SMILES string of the molecule is N=C(N)NCCc1ccc(OCCCCF)c(Cl)c1. The van der Waals surface area contributed by atoms with Crippen molar-refractivity contribution in [3.8, 4) is 5.75 Å². The number of nitrogens with one attached hydrogen (secondary N) is 2. The van der Waals surface area contributed by atoms with Crippen LogP contribution in [-0.4, -0.2) is 25.8 Å². The Hall–Kier alpha value is -1.49. The van der Waals surface area contributed by atoms with E-state index in [1.165, 1.54) is 0 Å². The van der Waals surface area contributed by atoms with Gasteiger partial charge in [0.2, 0.25) is 0 Å². The third kappa shape index (κ3) is 6.29. The fourth-order valence-corrected chi connectivity index (χ4v) is 1.79. The lowest BCUT2D eigenvalue weighted by Gasteiger charge is -2.09. The van der Waals surface area contributed by atoms with Gasteiger partial charge in [-0.2, -0.15) is 0 Å². The van der Waals surface area contributed by atoms with Gasteiger partial charge in [-0.3, -0.25) is 9.80 Å². The van der Waals surface area contributed by atoms with Crippen molar-refractivity contribution in [3.05, 3.63) is 28.8 Å². The monoisotopic (exact) mass is 287 g/mol. The molecule has 0 fully saturated rings. The first-order valence-electron chi connectivity index (χ1n) is 6.18. The highest BCUT2D eigenvalue weighted by Gasteiger charge is 2.03. The van der Waals surface area contributed by atoms with Crippen LogP contribution in [0.2, 0.25) is 5.02 Å². The molecule has 0 aromatic heterocycles. The number of rotatable bonds is 8. The second-order valence-electron chi connectivity index (χ2n) is 4.10. The summed E-state index contributed by atoms with van der Waals surface area (Å²) in [4.78, 5) is 0. The van der Waals surface area contributed by atoms with Gasteiger partial charge < -0.3 is 15.8 Å². The normalized spacial score (nSPS) is 10.2. The lowest BCUT2D eigenvalue weighted by molar-refractivity contribution is 0.297.